The first-order chi connectivity index (χ1) is 10.0. The second-order valence-electron chi connectivity index (χ2n) is 3.82. The number of nitrogens with zero attached hydrogens (tertiary/aromatic N) is 3. The Morgan fingerprint density at radius 2 is 2.29 bits per heavy atom. The molecule has 2 rings (SSSR count). The first kappa shape index (κ1) is 14.9. The Bertz CT molecular complexity index is 684. The molecule has 1 aromatic heterocycles. The van der Waals surface area contributed by atoms with Crippen molar-refractivity contribution in [3.8, 4) is 11.6 Å². The summed E-state index contributed by atoms with van der Waals surface area (Å²) in [6.45, 7) is 2.39. The first-order valence-electron chi connectivity index (χ1n) is 5.90. The summed E-state index contributed by atoms with van der Waals surface area (Å²) in [6.07, 6.45) is 1.26. The molecule has 0 unspecified atom stereocenters. The SMILES string of the molecule is CCNc1ncc(Cl)c(Oc2c(F)cccc2[N+](=O)[O-])n1. The largest absolute Gasteiger partial charge is 0.427 e. The van der Waals surface area contributed by atoms with Crippen LogP contribution in [-0.2, 0) is 0 Å². The monoisotopic (exact) mass is 312 g/mol. The van der Waals surface area contributed by atoms with Gasteiger partial charge in [0.15, 0.2) is 5.82 Å². The third kappa shape index (κ3) is 3.34. The molecule has 0 atom stereocenters. The van der Waals surface area contributed by atoms with E-state index in [0.717, 1.165) is 12.1 Å². The van der Waals surface area contributed by atoms with Gasteiger partial charge in [-0.25, -0.2) is 9.37 Å². The molecule has 0 aliphatic carbocycles. The predicted molar refractivity (Wildman–Crippen MR) is 74.3 cm³/mol. The summed E-state index contributed by atoms with van der Waals surface area (Å²) in [5.74, 6) is -1.39. The van der Waals surface area contributed by atoms with Crippen LogP contribution in [0.3, 0.4) is 0 Å². The van der Waals surface area contributed by atoms with Crippen molar-refractivity contribution in [2.45, 2.75) is 6.92 Å². The van der Waals surface area contributed by atoms with Crippen LogP contribution in [0.5, 0.6) is 11.6 Å². The number of aromatic nitrogens is 2. The van der Waals surface area contributed by atoms with Gasteiger partial charge in [-0.2, -0.15) is 4.98 Å². The molecule has 21 heavy (non-hydrogen) atoms. The molecule has 110 valence electrons. The number of nitrogens with one attached hydrogen (secondary N) is 1. The minimum absolute atomic E-state index is 0.00852. The van der Waals surface area contributed by atoms with E-state index in [0.29, 0.717) is 6.54 Å². The zero-order chi connectivity index (χ0) is 15.4. The molecule has 1 N–H and O–H groups in total. The Morgan fingerprint density at radius 1 is 1.52 bits per heavy atom. The number of para-hydroxylation sites is 1. The zero-order valence-corrected chi connectivity index (χ0v) is 11.6. The van der Waals surface area contributed by atoms with Gasteiger partial charge in [-0.05, 0) is 13.0 Å². The number of benzene rings is 1. The summed E-state index contributed by atoms with van der Waals surface area (Å²) in [7, 11) is 0. The van der Waals surface area contributed by atoms with Crippen LogP contribution in [0.2, 0.25) is 5.02 Å². The van der Waals surface area contributed by atoms with Gasteiger partial charge in [0.05, 0.1) is 11.1 Å². The van der Waals surface area contributed by atoms with Crippen LogP contribution in [0.4, 0.5) is 16.0 Å². The number of hydrogen-bond donors (Lipinski definition) is 1. The van der Waals surface area contributed by atoms with Crippen molar-refractivity contribution in [2.75, 3.05) is 11.9 Å². The van der Waals surface area contributed by atoms with Gasteiger partial charge >= 0.3 is 5.69 Å². The lowest BCUT2D eigenvalue weighted by Gasteiger charge is -2.09. The normalized spacial score (nSPS) is 10.2. The van der Waals surface area contributed by atoms with Crippen molar-refractivity contribution in [2.24, 2.45) is 0 Å². The van der Waals surface area contributed by atoms with Crippen molar-refractivity contribution in [3.63, 3.8) is 0 Å². The first-order valence-corrected chi connectivity index (χ1v) is 6.28. The Labute approximate surface area is 123 Å². The lowest BCUT2D eigenvalue weighted by atomic mass is 10.3. The van der Waals surface area contributed by atoms with Crippen molar-refractivity contribution in [3.05, 3.63) is 45.4 Å². The average Bonchev–Trinajstić information content (AvgIpc) is 2.44. The van der Waals surface area contributed by atoms with Crippen molar-refractivity contribution >= 4 is 23.2 Å². The number of nitro groups is 1. The molecule has 2 aromatic rings. The molecule has 9 heteroatoms. The van der Waals surface area contributed by atoms with E-state index < -0.39 is 22.2 Å². The molecule has 0 saturated heterocycles. The van der Waals surface area contributed by atoms with E-state index in [4.69, 9.17) is 16.3 Å². The zero-order valence-electron chi connectivity index (χ0n) is 10.8. The van der Waals surface area contributed by atoms with Gasteiger partial charge < -0.3 is 10.1 Å². The number of nitro benzene ring substituents is 1. The van der Waals surface area contributed by atoms with Gasteiger partial charge in [0, 0.05) is 12.6 Å². The molecule has 0 bridgehead atoms. The Hall–Kier alpha value is -2.48. The van der Waals surface area contributed by atoms with Crippen molar-refractivity contribution in [1.29, 1.82) is 0 Å². The number of ether oxygens (including phenoxy) is 1. The third-order valence-electron chi connectivity index (χ3n) is 2.39. The second kappa shape index (κ2) is 6.31. The van der Waals surface area contributed by atoms with Crippen LogP contribution in [0, 0.1) is 15.9 Å². The summed E-state index contributed by atoms with van der Waals surface area (Å²) >= 11 is 5.86. The quantitative estimate of drug-likeness (QED) is 0.672. The molecule has 0 aliphatic heterocycles. The highest BCUT2D eigenvalue weighted by atomic mass is 35.5. The maximum atomic E-state index is 13.7. The highest BCUT2D eigenvalue weighted by Crippen LogP contribution is 2.35. The number of halogens is 2. The Kier molecular flexibility index (Phi) is 4.49. The summed E-state index contributed by atoms with van der Waals surface area (Å²) in [5.41, 5.74) is -0.519. The standard InChI is InChI=1S/C12H10ClFN4O3/c1-2-15-12-16-6-7(13)11(17-12)21-10-8(14)4-3-5-9(10)18(19)20/h3-6H,2H2,1H3,(H,15,16,17). The van der Waals surface area contributed by atoms with Crippen molar-refractivity contribution in [1.82, 2.24) is 9.97 Å². The van der Waals surface area contributed by atoms with Crippen molar-refractivity contribution < 1.29 is 14.1 Å². The van der Waals surface area contributed by atoms with Gasteiger partial charge in [-0.15, -0.1) is 0 Å². The molecule has 7 nitrogen and oxygen atoms in total. The molecule has 0 radical (unpaired) electrons. The molecule has 0 saturated carbocycles. The maximum absolute atomic E-state index is 13.7. The van der Waals surface area contributed by atoms with E-state index in [1.807, 2.05) is 6.92 Å². The van der Waals surface area contributed by atoms with Crippen LogP contribution in [0.25, 0.3) is 0 Å². The van der Waals surface area contributed by atoms with E-state index in [1.165, 1.54) is 12.3 Å². The van der Waals surface area contributed by atoms with Crippen LogP contribution in [0.1, 0.15) is 6.92 Å². The molecule has 0 fully saturated rings. The van der Waals surface area contributed by atoms with E-state index in [2.05, 4.69) is 15.3 Å². The molecule has 1 aromatic carbocycles. The number of rotatable bonds is 5. The summed E-state index contributed by atoms with van der Waals surface area (Å²) in [6, 6.07) is 3.38. The minimum Gasteiger partial charge on any atom is -0.427 e. The van der Waals surface area contributed by atoms with E-state index in [9.17, 15) is 14.5 Å². The minimum atomic E-state index is -0.885. The summed E-state index contributed by atoms with van der Waals surface area (Å²) in [4.78, 5) is 18.0. The highest BCUT2D eigenvalue weighted by molar-refractivity contribution is 6.31. The molecule has 0 aliphatic rings. The molecule has 0 amide bonds. The van der Waals surface area contributed by atoms with Gasteiger partial charge in [0.1, 0.15) is 5.02 Å². The second-order valence-corrected chi connectivity index (χ2v) is 4.23. The number of anilines is 1. The highest BCUT2D eigenvalue weighted by Gasteiger charge is 2.22. The van der Waals surface area contributed by atoms with Gasteiger partial charge in [0.25, 0.3) is 0 Å². The molecular weight excluding hydrogens is 303 g/mol. The van der Waals surface area contributed by atoms with Crippen LogP contribution >= 0.6 is 11.6 Å². The fourth-order valence-corrected chi connectivity index (χ4v) is 1.63. The number of hydrogen-bond acceptors (Lipinski definition) is 6. The lowest BCUT2D eigenvalue weighted by molar-refractivity contribution is -0.385. The van der Waals surface area contributed by atoms with E-state index in [-0.39, 0.29) is 16.9 Å². The van der Waals surface area contributed by atoms with Crippen LogP contribution in [-0.4, -0.2) is 21.4 Å². The van der Waals surface area contributed by atoms with Gasteiger partial charge in [-0.3, -0.25) is 10.1 Å². The van der Waals surface area contributed by atoms with Crippen LogP contribution in [0.15, 0.2) is 24.4 Å². The lowest BCUT2D eigenvalue weighted by Crippen LogP contribution is -2.04. The average molecular weight is 313 g/mol. The van der Waals surface area contributed by atoms with Gasteiger partial charge in [0.2, 0.25) is 17.6 Å². The summed E-state index contributed by atoms with van der Waals surface area (Å²) < 4.78 is 18.9. The fraction of sp³-hybridized carbons (Fsp3) is 0.167. The fourth-order valence-electron chi connectivity index (χ4n) is 1.51. The topological polar surface area (TPSA) is 90.2 Å². The third-order valence-corrected chi connectivity index (χ3v) is 2.65. The Balaban J connectivity index is 2.42. The molecule has 0 spiro atoms. The summed E-state index contributed by atoms with van der Waals surface area (Å²) in [5, 5.41) is 13.7. The van der Waals surface area contributed by atoms with Crippen LogP contribution < -0.4 is 10.1 Å². The smallest absolute Gasteiger partial charge is 0.314 e. The van der Waals surface area contributed by atoms with E-state index >= 15 is 0 Å². The van der Waals surface area contributed by atoms with Gasteiger partial charge in [-0.1, -0.05) is 17.7 Å². The maximum Gasteiger partial charge on any atom is 0.314 e. The Morgan fingerprint density at radius 3 is 2.95 bits per heavy atom. The molecule has 1 heterocycles. The van der Waals surface area contributed by atoms with E-state index in [1.54, 1.807) is 0 Å². The molecular formula is C12H10ClFN4O3. The predicted octanol–water partition coefficient (Wildman–Crippen LogP) is 3.40.